The molecule has 9 nitrogen and oxygen atoms in total. The van der Waals surface area contributed by atoms with Crippen molar-refractivity contribution in [3.63, 3.8) is 0 Å². The van der Waals surface area contributed by atoms with E-state index >= 15 is 0 Å². The lowest BCUT2D eigenvalue weighted by Crippen LogP contribution is -2.46. The number of aliphatic hydroxyl groups is 1. The first-order valence-electron chi connectivity index (χ1n) is 10.7. The quantitative estimate of drug-likeness (QED) is 0.550. The van der Waals surface area contributed by atoms with Crippen molar-refractivity contribution in [3.05, 3.63) is 26.6 Å². The van der Waals surface area contributed by atoms with Crippen molar-refractivity contribution in [1.82, 2.24) is 19.8 Å². The second-order valence-electron chi connectivity index (χ2n) is 8.06. The van der Waals surface area contributed by atoms with Crippen LogP contribution >= 0.6 is 11.3 Å². The molecule has 1 aliphatic rings. The largest absolute Gasteiger partial charge is 0.462 e. The highest BCUT2D eigenvalue weighted by atomic mass is 32.1. The summed E-state index contributed by atoms with van der Waals surface area (Å²) in [4.78, 5) is 37.6. The summed E-state index contributed by atoms with van der Waals surface area (Å²) in [5.41, 5.74) is 0.335. The lowest BCUT2D eigenvalue weighted by Gasteiger charge is -2.32. The minimum Gasteiger partial charge on any atom is -0.462 e. The Morgan fingerprint density at radius 1 is 1.39 bits per heavy atom. The second-order valence-corrected chi connectivity index (χ2v) is 9.06. The Labute approximate surface area is 186 Å². The van der Waals surface area contributed by atoms with Crippen LogP contribution in [-0.2, 0) is 16.0 Å². The first kappa shape index (κ1) is 23.8. The minimum absolute atomic E-state index is 0.153. The molecule has 1 atom stereocenters. The SMILES string of the molecule is CCOC(=O)c1sc2nc(CN(CC(O)CN3CCOCC3)C(C)C)[nH]c(=O)c2c1C. The van der Waals surface area contributed by atoms with Crippen molar-refractivity contribution in [2.45, 2.75) is 46.4 Å². The van der Waals surface area contributed by atoms with Crippen LogP contribution < -0.4 is 5.56 Å². The number of nitrogens with one attached hydrogen (secondary N) is 1. The highest BCUT2D eigenvalue weighted by Crippen LogP contribution is 2.27. The molecule has 2 aromatic rings. The van der Waals surface area contributed by atoms with E-state index in [9.17, 15) is 14.7 Å². The third-order valence-electron chi connectivity index (χ3n) is 5.41. The fraction of sp³-hybridized carbons (Fsp3) is 0.667. The Bertz CT molecular complexity index is 951. The number of hydrogen-bond acceptors (Lipinski definition) is 9. The number of aliphatic hydroxyl groups excluding tert-OH is 1. The van der Waals surface area contributed by atoms with Gasteiger partial charge in [0.05, 0.1) is 37.9 Å². The molecule has 172 valence electrons. The highest BCUT2D eigenvalue weighted by Gasteiger charge is 2.23. The summed E-state index contributed by atoms with van der Waals surface area (Å²) in [6, 6.07) is 0.153. The van der Waals surface area contributed by atoms with Crippen molar-refractivity contribution in [2.24, 2.45) is 0 Å². The van der Waals surface area contributed by atoms with E-state index in [-0.39, 0.29) is 18.2 Å². The van der Waals surface area contributed by atoms with Gasteiger partial charge in [0.1, 0.15) is 15.5 Å². The summed E-state index contributed by atoms with van der Waals surface area (Å²) in [6.07, 6.45) is -0.518. The number of β-amino-alcohol motifs (C(OH)–C–C–N with tert-alkyl or cyclic N) is 1. The summed E-state index contributed by atoms with van der Waals surface area (Å²) >= 11 is 1.18. The van der Waals surface area contributed by atoms with E-state index in [2.05, 4.69) is 19.8 Å². The smallest absolute Gasteiger partial charge is 0.348 e. The van der Waals surface area contributed by atoms with Gasteiger partial charge in [-0.1, -0.05) is 0 Å². The Morgan fingerprint density at radius 3 is 2.74 bits per heavy atom. The van der Waals surface area contributed by atoms with Crippen LogP contribution in [0.2, 0.25) is 0 Å². The van der Waals surface area contributed by atoms with Crippen LogP contribution in [0.3, 0.4) is 0 Å². The van der Waals surface area contributed by atoms with Crippen molar-refractivity contribution in [3.8, 4) is 0 Å². The highest BCUT2D eigenvalue weighted by molar-refractivity contribution is 7.20. The van der Waals surface area contributed by atoms with Gasteiger partial charge in [-0.15, -0.1) is 11.3 Å². The lowest BCUT2D eigenvalue weighted by molar-refractivity contribution is 0.00320. The van der Waals surface area contributed by atoms with E-state index in [1.165, 1.54) is 11.3 Å². The number of fused-ring (bicyclic) bond motifs is 1. The average Bonchev–Trinajstić information content (AvgIpc) is 3.05. The summed E-state index contributed by atoms with van der Waals surface area (Å²) < 4.78 is 10.5. The van der Waals surface area contributed by atoms with Crippen molar-refractivity contribution in [2.75, 3.05) is 46.0 Å². The Morgan fingerprint density at radius 2 is 2.10 bits per heavy atom. The van der Waals surface area contributed by atoms with Gasteiger partial charge in [0.2, 0.25) is 0 Å². The van der Waals surface area contributed by atoms with Gasteiger partial charge in [-0.25, -0.2) is 9.78 Å². The zero-order chi connectivity index (χ0) is 22.5. The average molecular weight is 453 g/mol. The van der Waals surface area contributed by atoms with Gasteiger partial charge < -0.3 is 19.6 Å². The standard InChI is InChI=1S/C21H32N4O5S/c1-5-30-21(28)18-14(4)17-19(27)22-16(23-20(17)31-18)12-25(13(2)3)11-15(26)10-24-6-8-29-9-7-24/h13,15,26H,5-12H2,1-4H3,(H,22,23,27). The van der Waals surface area contributed by atoms with E-state index in [0.717, 1.165) is 13.1 Å². The number of hydrogen-bond donors (Lipinski definition) is 2. The molecule has 0 radical (unpaired) electrons. The molecule has 2 N–H and O–H groups in total. The fourth-order valence-corrected chi connectivity index (χ4v) is 4.81. The number of thiophene rings is 1. The molecule has 1 unspecified atom stereocenters. The summed E-state index contributed by atoms with van der Waals surface area (Å²) in [5.74, 6) is 0.0837. The first-order valence-corrected chi connectivity index (χ1v) is 11.5. The number of carbonyl (C=O) groups is 1. The van der Waals surface area contributed by atoms with Gasteiger partial charge in [0.25, 0.3) is 5.56 Å². The number of morpholine rings is 1. The van der Waals surface area contributed by atoms with Crippen LogP contribution in [0.25, 0.3) is 10.2 Å². The lowest BCUT2D eigenvalue weighted by atomic mass is 10.2. The minimum atomic E-state index is -0.518. The first-order chi connectivity index (χ1) is 14.8. The number of nitrogens with zero attached hydrogens (tertiary/aromatic N) is 3. The molecule has 1 fully saturated rings. The van der Waals surface area contributed by atoms with Crippen LogP contribution in [0.1, 0.15) is 41.8 Å². The fourth-order valence-electron chi connectivity index (χ4n) is 3.72. The maximum Gasteiger partial charge on any atom is 0.348 e. The van der Waals surface area contributed by atoms with Gasteiger partial charge in [-0.05, 0) is 33.3 Å². The molecule has 0 bridgehead atoms. The molecule has 0 amide bonds. The number of ether oxygens (including phenoxy) is 2. The number of rotatable bonds is 9. The molecule has 3 rings (SSSR count). The summed E-state index contributed by atoms with van der Waals surface area (Å²) in [5, 5.41) is 11.0. The van der Waals surface area contributed by atoms with Crippen LogP contribution in [0.15, 0.2) is 4.79 Å². The maximum absolute atomic E-state index is 12.7. The number of aryl methyl sites for hydroxylation is 1. The molecular formula is C21H32N4O5S. The summed E-state index contributed by atoms with van der Waals surface area (Å²) in [7, 11) is 0. The Balaban J connectivity index is 1.76. The van der Waals surface area contributed by atoms with E-state index in [1.54, 1.807) is 13.8 Å². The van der Waals surface area contributed by atoms with Crippen molar-refractivity contribution >= 4 is 27.5 Å². The van der Waals surface area contributed by atoms with Crippen molar-refractivity contribution in [1.29, 1.82) is 0 Å². The van der Waals surface area contributed by atoms with Crippen LogP contribution in [0.4, 0.5) is 0 Å². The topological polar surface area (TPSA) is 108 Å². The van der Waals surface area contributed by atoms with Gasteiger partial charge in [0, 0.05) is 32.2 Å². The number of carbonyl (C=O) groups excluding carboxylic acids is 1. The number of aromatic nitrogens is 2. The molecule has 31 heavy (non-hydrogen) atoms. The molecule has 1 saturated heterocycles. The second kappa shape index (κ2) is 10.6. The van der Waals surface area contributed by atoms with Gasteiger partial charge >= 0.3 is 5.97 Å². The molecule has 3 heterocycles. The molecule has 2 aromatic heterocycles. The molecule has 0 spiro atoms. The molecule has 0 aliphatic carbocycles. The molecule has 10 heteroatoms. The predicted molar refractivity (Wildman–Crippen MR) is 120 cm³/mol. The monoisotopic (exact) mass is 452 g/mol. The maximum atomic E-state index is 12.7. The van der Waals surface area contributed by atoms with Gasteiger partial charge in [-0.2, -0.15) is 0 Å². The van der Waals surface area contributed by atoms with Crippen LogP contribution in [-0.4, -0.2) is 89.0 Å². The predicted octanol–water partition coefficient (Wildman–Crippen LogP) is 1.37. The molecule has 1 aliphatic heterocycles. The van der Waals surface area contributed by atoms with Crippen LogP contribution in [0.5, 0.6) is 0 Å². The third-order valence-corrected chi connectivity index (χ3v) is 6.58. The molecular weight excluding hydrogens is 420 g/mol. The van der Waals surface area contributed by atoms with Crippen molar-refractivity contribution < 1.29 is 19.4 Å². The number of H-pyrrole nitrogens is 1. The molecule has 0 saturated carbocycles. The van der Waals surface area contributed by atoms with E-state index in [4.69, 9.17) is 9.47 Å². The van der Waals surface area contributed by atoms with E-state index < -0.39 is 12.1 Å². The van der Waals surface area contributed by atoms with Gasteiger partial charge in [0.15, 0.2) is 0 Å². The Kier molecular flexibility index (Phi) is 8.17. The van der Waals surface area contributed by atoms with E-state index in [1.807, 2.05) is 13.8 Å². The third kappa shape index (κ3) is 5.89. The Hall–Kier alpha value is -1.85. The van der Waals surface area contributed by atoms with Crippen LogP contribution in [0, 0.1) is 6.92 Å². The number of esters is 1. The van der Waals surface area contributed by atoms with E-state index in [0.29, 0.717) is 59.3 Å². The number of aromatic amines is 1. The zero-order valence-electron chi connectivity index (χ0n) is 18.6. The zero-order valence-corrected chi connectivity index (χ0v) is 19.5. The van der Waals surface area contributed by atoms with Gasteiger partial charge in [-0.3, -0.25) is 14.6 Å². The normalized spacial score (nSPS) is 16.4. The summed E-state index contributed by atoms with van der Waals surface area (Å²) in [6.45, 7) is 12.3. The molecule has 0 aromatic carbocycles.